The van der Waals surface area contributed by atoms with E-state index in [0.29, 0.717) is 46.2 Å². The van der Waals surface area contributed by atoms with Crippen molar-refractivity contribution in [3.63, 3.8) is 0 Å². The SMILES string of the molecule is CCOC(=O)c1sc(Nc2nc3c(c(N4CCNCC4)n2)CCN(Cc2ccc(S(C)(=O)=O)cc2)C3)nc1C. The lowest BCUT2D eigenvalue weighted by molar-refractivity contribution is 0.0531. The molecule has 1 fully saturated rings. The van der Waals surface area contributed by atoms with Crippen LogP contribution in [0.25, 0.3) is 0 Å². The molecule has 208 valence electrons. The molecule has 0 atom stereocenters. The number of nitrogens with one attached hydrogen (secondary N) is 2. The number of sulfone groups is 1. The highest BCUT2D eigenvalue weighted by atomic mass is 32.2. The Balaban J connectivity index is 1.40. The van der Waals surface area contributed by atoms with Crippen molar-refractivity contribution in [3.8, 4) is 0 Å². The molecule has 11 nitrogen and oxygen atoms in total. The Kier molecular flexibility index (Phi) is 8.12. The van der Waals surface area contributed by atoms with Gasteiger partial charge in [0.1, 0.15) is 10.7 Å². The van der Waals surface area contributed by atoms with E-state index in [9.17, 15) is 13.2 Å². The maximum absolute atomic E-state index is 12.3. The Hall–Kier alpha value is -3.13. The van der Waals surface area contributed by atoms with E-state index < -0.39 is 9.84 Å². The van der Waals surface area contributed by atoms with Crippen LogP contribution < -0.4 is 15.5 Å². The van der Waals surface area contributed by atoms with Crippen LogP contribution in [0, 0.1) is 6.92 Å². The summed E-state index contributed by atoms with van der Waals surface area (Å²) in [6.07, 6.45) is 2.04. The zero-order valence-electron chi connectivity index (χ0n) is 22.4. The number of rotatable bonds is 8. The largest absolute Gasteiger partial charge is 0.462 e. The van der Waals surface area contributed by atoms with Crippen LogP contribution in [0.5, 0.6) is 0 Å². The minimum absolute atomic E-state index is 0.305. The number of esters is 1. The number of aryl methyl sites for hydroxylation is 1. The first-order valence-corrected chi connectivity index (χ1v) is 15.7. The highest BCUT2D eigenvalue weighted by Gasteiger charge is 2.27. The highest BCUT2D eigenvalue weighted by molar-refractivity contribution is 7.90. The van der Waals surface area contributed by atoms with Gasteiger partial charge in [0.15, 0.2) is 15.0 Å². The molecule has 4 heterocycles. The van der Waals surface area contributed by atoms with Crippen LogP contribution in [0.4, 0.5) is 16.9 Å². The van der Waals surface area contributed by atoms with Gasteiger partial charge in [-0.25, -0.2) is 23.2 Å². The molecule has 0 bridgehead atoms. The molecule has 2 aliphatic rings. The first kappa shape index (κ1) is 27.4. The van der Waals surface area contributed by atoms with Crippen LogP contribution in [0.15, 0.2) is 29.2 Å². The lowest BCUT2D eigenvalue weighted by Crippen LogP contribution is -2.45. The molecule has 2 aromatic heterocycles. The van der Waals surface area contributed by atoms with Gasteiger partial charge in [-0.3, -0.25) is 10.2 Å². The molecule has 0 spiro atoms. The third-order valence-electron chi connectivity index (χ3n) is 6.77. The number of carbonyl (C=O) groups is 1. The molecular formula is C26H33N7O4S2. The topological polar surface area (TPSA) is 130 Å². The van der Waals surface area contributed by atoms with E-state index in [1.54, 1.807) is 26.0 Å². The van der Waals surface area contributed by atoms with Crippen molar-refractivity contribution in [2.45, 2.75) is 38.3 Å². The summed E-state index contributed by atoms with van der Waals surface area (Å²) >= 11 is 1.23. The van der Waals surface area contributed by atoms with Crippen LogP contribution in [0.2, 0.25) is 0 Å². The Morgan fingerprint density at radius 2 is 1.87 bits per heavy atom. The first-order chi connectivity index (χ1) is 18.7. The molecule has 1 saturated heterocycles. The van der Waals surface area contributed by atoms with Crippen LogP contribution in [0.3, 0.4) is 0 Å². The lowest BCUT2D eigenvalue weighted by Gasteiger charge is -2.34. The molecule has 0 unspecified atom stereocenters. The van der Waals surface area contributed by atoms with Crippen LogP contribution in [-0.4, -0.2) is 79.8 Å². The zero-order valence-corrected chi connectivity index (χ0v) is 24.0. The fraction of sp³-hybridized carbons (Fsp3) is 0.462. The fourth-order valence-corrected chi connectivity index (χ4v) is 6.31. The Bertz CT molecular complexity index is 1450. The van der Waals surface area contributed by atoms with Crippen LogP contribution >= 0.6 is 11.3 Å². The predicted octanol–water partition coefficient (Wildman–Crippen LogP) is 2.53. The average molecular weight is 572 g/mol. The number of hydrogen-bond acceptors (Lipinski definition) is 12. The summed E-state index contributed by atoms with van der Waals surface area (Å²) < 4.78 is 28.8. The van der Waals surface area contributed by atoms with E-state index in [1.807, 2.05) is 12.1 Å². The van der Waals surface area contributed by atoms with Crippen molar-refractivity contribution in [2.24, 2.45) is 0 Å². The molecule has 3 aromatic rings. The molecule has 0 amide bonds. The fourth-order valence-electron chi connectivity index (χ4n) is 4.83. The van der Waals surface area contributed by atoms with E-state index in [0.717, 1.165) is 61.8 Å². The molecule has 1 aromatic carbocycles. The van der Waals surface area contributed by atoms with E-state index in [4.69, 9.17) is 14.7 Å². The molecule has 13 heteroatoms. The van der Waals surface area contributed by atoms with Crippen LogP contribution in [0.1, 0.15) is 39.1 Å². The average Bonchev–Trinajstić information content (AvgIpc) is 3.28. The minimum Gasteiger partial charge on any atom is -0.462 e. The predicted molar refractivity (Wildman–Crippen MR) is 151 cm³/mol. The second-order valence-corrected chi connectivity index (χ2v) is 12.7. The quantitative estimate of drug-likeness (QED) is 0.387. The van der Waals surface area contributed by atoms with Crippen molar-refractivity contribution in [1.82, 2.24) is 25.2 Å². The summed E-state index contributed by atoms with van der Waals surface area (Å²) in [6, 6.07) is 7.07. The molecule has 2 N–H and O–H groups in total. The normalized spacial score (nSPS) is 16.1. The summed E-state index contributed by atoms with van der Waals surface area (Å²) in [6.45, 7) is 9.57. The van der Waals surface area contributed by atoms with Crippen LogP contribution in [-0.2, 0) is 34.1 Å². The van der Waals surface area contributed by atoms with Crippen molar-refractivity contribution in [2.75, 3.05) is 55.8 Å². The van der Waals surface area contributed by atoms with E-state index in [-0.39, 0.29) is 5.97 Å². The van der Waals surface area contributed by atoms with Crippen molar-refractivity contribution < 1.29 is 17.9 Å². The Morgan fingerprint density at radius 1 is 1.13 bits per heavy atom. The van der Waals surface area contributed by atoms with Crippen molar-refractivity contribution in [3.05, 3.63) is 51.7 Å². The van der Waals surface area contributed by atoms with Gasteiger partial charge >= 0.3 is 5.97 Å². The maximum atomic E-state index is 12.3. The summed E-state index contributed by atoms with van der Waals surface area (Å²) in [4.78, 5) is 32.0. The van der Waals surface area contributed by atoms with E-state index >= 15 is 0 Å². The summed E-state index contributed by atoms with van der Waals surface area (Å²) in [5.41, 5.74) is 3.77. The summed E-state index contributed by atoms with van der Waals surface area (Å²) in [5, 5.41) is 7.18. The first-order valence-electron chi connectivity index (χ1n) is 13.0. The number of aromatic nitrogens is 3. The van der Waals surface area contributed by atoms with Crippen molar-refractivity contribution in [1.29, 1.82) is 0 Å². The van der Waals surface area contributed by atoms with Crippen molar-refractivity contribution >= 4 is 44.0 Å². The Morgan fingerprint density at radius 3 is 2.56 bits per heavy atom. The number of anilines is 3. The second kappa shape index (κ2) is 11.5. The van der Waals surface area contributed by atoms with Gasteiger partial charge in [0, 0.05) is 57.6 Å². The summed E-state index contributed by atoms with van der Waals surface area (Å²) in [5.74, 6) is 1.01. The molecule has 0 radical (unpaired) electrons. The number of ether oxygens (including phenoxy) is 1. The molecule has 0 aliphatic carbocycles. The minimum atomic E-state index is -3.22. The molecular weight excluding hydrogens is 538 g/mol. The number of nitrogens with zero attached hydrogens (tertiary/aromatic N) is 5. The van der Waals surface area contributed by atoms with Gasteiger partial charge in [-0.1, -0.05) is 23.5 Å². The Labute approximate surface area is 232 Å². The van der Waals surface area contributed by atoms with Gasteiger partial charge in [0.05, 0.1) is 22.9 Å². The van der Waals surface area contributed by atoms with Gasteiger partial charge in [0.2, 0.25) is 5.95 Å². The molecule has 2 aliphatic heterocycles. The van der Waals surface area contributed by atoms with E-state index in [1.165, 1.54) is 17.6 Å². The number of thiazole rings is 1. The second-order valence-electron chi connectivity index (χ2n) is 9.69. The third-order valence-corrected chi connectivity index (χ3v) is 8.95. The summed E-state index contributed by atoms with van der Waals surface area (Å²) in [7, 11) is -3.22. The smallest absolute Gasteiger partial charge is 0.350 e. The molecule has 0 saturated carbocycles. The monoisotopic (exact) mass is 571 g/mol. The number of piperazine rings is 1. The van der Waals surface area contributed by atoms with E-state index in [2.05, 4.69) is 25.4 Å². The number of hydrogen-bond donors (Lipinski definition) is 2. The van der Waals surface area contributed by atoms with Gasteiger partial charge < -0.3 is 15.0 Å². The number of fused-ring (bicyclic) bond motifs is 1. The van der Waals surface area contributed by atoms with Gasteiger partial charge in [0.25, 0.3) is 0 Å². The highest BCUT2D eigenvalue weighted by Crippen LogP contribution is 2.31. The van der Waals surface area contributed by atoms with Gasteiger partial charge in [-0.15, -0.1) is 0 Å². The van der Waals surface area contributed by atoms with Gasteiger partial charge in [-0.05, 0) is 38.0 Å². The van der Waals surface area contributed by atoms with Gasteiger partial charge in [-0.2, -0.15) is 4.98 Å². The zero-order chi connectivity index (χ0) is 27.6. The number of benzene rings is 1. The third kappa shape index (κ3) is 6.38. The molecule has 39 heavy (non-hydrogen) atoms. The molecule has 5 rings (SSSR count). The maximum Gasteiger partial charge on any atom is 0.350 e. The standard InChI is InChI=1S/C26H33N7O4S2/c1-4-37-24(34)22-17(2)28-26(38-22)31-25-29-21-16-32(15-18-5-7-19(8-6-18)39(3,35)36)12-9-20(21)23(30-25)33-13-10-27-11-14-33/h5-8,27H,4,9-16H2,1-3H3,(H,28,29,30,31). The lowest BCUT2D eigenvalue weighted by atomic mass is 10.0. The number of carbonyl (C=O) groups excluding carboxylic acids is 1.